The monoisotopic (exact) mass is 1070 g/mol. The van der Waals surface area contributed by atoms with Gasteiger partial charge in [0.25, 0.3) is 0 Å². The van der Waals surface area contributed by atoms with E-state index in [2.05, 4.69) is 42.5 Å². The molecule has 0 aromatic heterocycles. The van der Waals surface area contributed by atoms with Crippen molar-refractivity contribution in [3.05, 3.63) is 53.6 Å². The Morgan fingerprint density at radius 3 is 1.79 bits per heavy atom. The van der Waals surface area contributed by atoms with Crippen LogP contribution in [0.5, 0.6) is 5.75 Å². The number of carbonyl (C=O) groups excluding carboxylic acids is 8. The zero-order valence-electron chi connectivity index (χ0n) is 46.4. The third kappa shape index (κ3) is 25.1. The van der Waals surface area contributed by atoms with Crippen LogP contribution >= 0.6 is 0 Å². The van der Waals surface area contributed by atoms with Crippen LogP contribution in [0.4, 0.5) is 19.2 Å². The Kier molecular flexibility index (Phi) is 24.1. The molecule has 76 heavy (non-hydrogen) atoms. The van der Waals surface area contributed by atoms with E-state index >= 15 is 0 Å². The van der Waals surface area contributed by atoms with Crippen molar-refractivity contribution in [3.63, 3.8) is 0 Å². The highest BCUT2D eigenvalue weighted by Gasteiger charge is 2.34. The number of rotatable bonds is 19. The molecule has 5 atom stereocenters. The molecule has 0 radical (unpaired) electrons. The molecule has 0 aliphatic carbocycles. The summed E-state index contributed by atoms with van der Waals surface area (Å²) in [6.45, 7) is 20.3. The van der Waals surface area contributed by atoms with Gasteiger partial charge < -0.3 is 71.7 Å². The van der Waals surface area contributed by atoms with Crippen LogP contribution in [0.2, 0.25) is 0 Å². The van der Waals surface area contributed by atoms with Crippen molar-refractivity contribution in [2.75, 3.05) is 26.2 Å². The molecule has 22 nitrogen and oxygen atoms in total. The minimum Gasteiger partial charge on any atom is -0.508 e. The van der Waals surface area contributed by atoms with E-state index in [1.165, 1.54) is 6.07 Å². The quantitative estimate of drug-likeness (QED) is 0.0632. The number of phenols is 1. The fraction of sp³-hybridized carbons (Fsp3) is 0.630. The van der Waals surface area contributed by atoms with E-state index < -0.39 is 101 Å². The highest BCUT2D eigenvalue weighted by Crippen LogP contribution is 2.29. The van der Waals surface area contributed by atoms with E-state index in [9.17, 15) is 48.6 Å². The summed E-state index contributed by atoms with van der Waals surface area (Å²) >= 11 is 0. The number of nitrogens with one attached hydrogen (secondary N) is 8. The summed E-state index contributed by atoms with van der Waals surface area (Å²) in [7, 11) is 0. The van der Waals surface area contributed by atoms with Gasteiger partial charge >= 0.3 is 24.4 Å². The van der Waals surface area contributed by atoms with Crippen molar-refractivity contribution in [2.45, 2.75) is 193 Å². The van der Waals surface area contributed by atoms with Crippen LogP contribution in [0.25, 0.3) is 11.1 Å². The van der Waals surface area contributed by atoms with E-state index in [-0.39, 0.29) is 70.5 Å². The number of amides is 8. The maximum atomic E-state index is 14.7. The Morgan fingerprint density at radius 1 is 0.618 bits per heavy atom. The highest BCUT2D eigenvalue weighted by atomic mass is 16.6. The molecular formula is C54H84N8O14. The molecule has 4 bridgehead atoms. The Labute approximate surface area is 447 Å². The van der Waals surface area contributed by atoms with Crippen molar-refractivity contribution >= 4 is 48.0 Å². The molecule has 0 fully saturated rings. The lowest BCUT2D eigenvalue weighted by Crippen LogP contribution is -2.59. The van der Waals surface area contributed by atoms with Crippen LogP contribution in [-0.2, 0) is 51.0 Å². The van der Waals surface area contributed by atoms with Gasteiger partial charge in [0.05, 0.1) is 12.6 Å². The Bertz CT molecular complexity index is 2300. The van der Waals surface area contributed by atoms with Crippen molar-refractivity contribution in [2.24, 2.45) is 0 Å². The van der Waals surface area contributed by atoms with Crippen LogP contribution in [0.1, 0.15) is 139 Å². The second-order valence-electron chi connectivity index (χ2n) is 22.8. The largest absolute Gasteiger partial charge is 0.508 e. The van der Waals surface area contributed by atoms with E-state index in [0.29, 0.717) is 41.5 Å². The second-order valence-corrected chi connectivity index (χ2v) is 22.8. The number of alkyl carbamates (subject to hydrolysis) is 4. The van der Waals surface area contributed by atoms with Crippen molar-refractivity contribution in [1.29, 1.82) is 0 Å². The maximum Gasteiger partial charge on any atom is 0.408 e. The molecular weight excluding hydrogens is 985 g/mol. The molecule has 1 aliphatic rings. The Hall–Kier alpha value is -6.84. The van der Waals surface area contributed by atoms with Gasteiger partial charge in [-0.05, 0) is 162 Å². The first-order valence-electron chi connectivity index (χ1n) is 25.9. The summed E-state index contributed by atoms with van der Waals surface area (Å²) in [5, 5.41) is 42.7. The van der Waals surface area contributed by atoms with Crippen LogP contribution in [0.3, 0.4) is 0 Å². The average Bonchev–Trinajstić information content (AvgIpc) is 3.27. The number of hydrogen-bond acceptors (Lipinski definition) is 14. The first kappa shape index (κ1) is 63.5. The summed E-state index contributed by atoms with van der Waals surface area (Å²) in [4.78, 5) is 108. The zero-order valence-corrected chi connectivity index (χ0v) is 46.4. The summed E-state index contributed by atoms with van der Waals surface area (Å²) in [6.07, 6.45) is -1.70. The lowest BCUT2D eigenvalue weighted by Gasteiger charge is -2.27. The molecule has 22 heteroatoms. The number of hydrogen-bond donors (Lipinski definition) is 10. The van der Waals surface area contributed by atoms with Crippen molar-refractivity contribution < 1.29 is 67.5 Å². The molecule has 1 heterocycles. The maximum absolute atomic E-state index is 14.7. The molecule has 424 valence electrons. The van der Waals surface area contributed by atoms with Gasteiger partial charge in [0, 0.05) is 32.5 Å². The SMILES string of the molecule is CC(C)(C)OC(=O)NCCC[C@H](NC(=O)[C@@H]1Cc2cccc(c2)-c2ccc(O)c(c2)C[C@H](NC(=O)OC(C)(C)C)C(=O)N[C@@H](CCCNC(=O)OC(C)(C)C)C(=O)N1)C(=O)NCCCC[C@@H](CO)NC(=O)OC(C)(C)C. The predicted molar refractivity (Wildman–Crippen MR) is 284 cm³/mol. The van der Waals surface area contributed by atoms with Gasteiger partial charge in [0.2, 0.25) is 23.6 Å². The van der Waals surface area contributed by atoms with Gasteiger partial charge in [-0.15, -0.1) is 0 Å². The van der Waals surface area contributed by atoms with Crippen LogP contribution in [-0.4, -0.2) is 137 Å². The first-order valence-corrected chi connectivity index (χ1v) is 25.9. The lowest BCUT2D eigenvalue weighted by molar-refractivity contribution is -0.134. The second kappa shape index (κ2) is 28.9. The molecule has 3 rings (SSSR count). The molecule has 2 aromatic carbocycles. The van der Waals surface area contributed by atoms with E-state index in [0.717, 1.165) is 0 Å². The van der Waals surface area contributed by atoms with E-state index in [1.54, 1.807) is 113 Å². The molecule has 0 unspecified atom stereocenters. The third-order valence-corrected chi connectivity index (χ3v) is 11.0. The van der Waals surface area contributed by atoms with Gasteiger partial charge in [-0.25, -0.2) is 19.2 Å². The summed E-state index contributed by atoms with van der Waals surface area (Å²) in [6, 6.07) is 6.04. The molecule has 1 aliphatic heterocycles. The minimum absolute atomic E-state index is 0.0239. The minimum atomic E-state index is -1.39. The average molecular weight is 1070 g/mol. The van der Waals surface area contributed by atoms with Gasteiger partial charge in [-0.2, -0.15) is 0 Å². The molecule has 0 saturated carbocycles. The van der Waals surface area contributed by atoms with Gasteiger partial charge in [0.1, 0.15) is 52.3 Å². The fourth-order valence-corrected chi connectivity index (χ4v) is 7.64. The number of carbonyl (C=O) groups is 8. The van der Waals surface area contributed by atoms with Gasteiger partial charge in [-0.1, -0.05) is 30.3 Å². The number of ether oxygens (including phenoxy) is 4. The Balaban J connectivity index is 2.00. The number of benzene rings is 2. The van der Waals surface area contributed by atoms with Crippen LogP contribution < -0.4 is 42.5 Å². The van der Waals surface area contributed by atoms with Crippen LogP contribution in [0.15, 0.2) is 42.5 Å². The summed E-state index contributed by atoms with van der Waals surface area (Å²) in [5.74, 6) is -3.10. The molecule has 2 aromatic rings. The van der Waals surface area contributed by atoms with Gasteiger partial charge in [-0.3, -0.25) is 19.2 Å². The fourth-order valence-electron chi connectivity index (χ4n) is 7.64. The topological polar surface area (TPSA) is 310 Å². The summed E-state index contributed by atoms with van der Waals surface area (Å²) in [5.41, 5.74) is -1.04. The standard InChI is InChI=1S/C54H84N8O14/c1-51(2,3)73-47(69)56-26-16-21-38(43(65)55-25-14-13-20-37(32-63)58-49(71)75-53(7,8)9)59-45(67)40-29-33-18-15-19-34(28-33)35-23-24-42(64)36(30-35)31-41(62-50(72)76-54(10,11)12)46(68)60-39(44(66)61-40)22-17-27-57-48(70)74-52(4,5)6/h15,18-19,23-24,28,30,37-41,63-64H,13-14,16-17,20-22,25-27,29,31-32H2,1-12H3,(H,55,65)(H,56,69)(H,57,70)(H,58,71)(H,59,67)(H,60,68)(H,61,66)(H,62,72)/t37-,38-,39-,40-,41-/m0/s1. The Morgan fingerprint density at radius 2 is 1.18 bits per heavy atom. The molecule has 0 spiro atoms. The van der Waals surface area contributed by atoms with Crippen LogP contribution in [0, 0.1) is 0 Å². The third-order valence-electron chi connectivity index (χ3n) is 11.0. The number of aliphatic hydroxyl groups is 1. The molecule has 8 amide bonds. The molecule has 10 N–H and O–H groups in total. The zero-order chi connectivity index (χ0) is 57.0. The number of fused-ring (bicyclic) bond motifs is 5. The smallest absolute Gasteiger partial charge is 0.408 e. The normalized spacial score (nSPS) is 17.1. The first-order chi connectivity index (χ1) is 35.3. The number of phenolic OH excluding ortho intramolecular Hbond substituents is 1. The molecule has 0 saturated heterocycles. The lowest BCUT2D eigenvalue weighted by atomic mass is 9.95. The van der Waals surface area contributed by atoms with Crippen molar-refractivity contribution in [3.8, 4) is 16.9 Å². The number of aliphatic hydroxyl groups excluding tert-OH is 1. The number of unbranched alkanes of at least 4 members (excludes halogenated alkanes) is 1. The number of aromatic hydroxyl groups is 1. The predicted octanol–water partition coefficient (Wildman–Crippen LogP) is 5.29. The van der Waals surface area contributed by atoms with E-state index in [4.69, 9.17) is 18.9 Å². The summed E-state index contributed by atoms with van der Waals surface area (Å²) < 4.78 is 21.5. The van der Waals surface area contributed by atoms with Crippen molar-refractivity contribution in [1.82, 2.24) is 42.5 Å². The highest BCUT2D eigenvalue weighted by molar-refractivity contribution is 5.95. The van der Waals surface area contributed by atoms with E-state index in [1.807, 2.05) is 6.07 Å². The van der Waals surface area contributed by atoms with Gasteiger partial charge in [0.15, 0.2) is 0 Å².